The van der Waals surface area contributed by atoms with E-state index in [1.165, 1.54) is 64.5 Å². The molecule has 2 rings (SSSR count). The van der Waals surface area contributed by atoms with Gasteiger partial charge in [0.25, 0.3) is 0 Å². The van der Waals surface area contributed by atoms with Crippen molar-refractivity contribution in [3.63, 3.8) is 0 Å². The maximum atomic E-state index is 9.79. The summed E-state index contributed by atoms with van der Waals surface area (Å²) in [5.74, 6) is 0.651. The highest BCUT2D eigenvalue weighted by Gasteiger charge is 2.40. The molecule has 1 saturated heterocycles. The summed E-state index contributed by atoms with van der Waals surface area (Å²) in [7, 11) is 2.02. The summed E-state index contributed by atoms with van der Waals surface area (Å²) < 4.78 is 0. The monoisotopic (exact) mass is 282 g/mol. The summed E-state index contributed by atoms with van der Waals surface area (Å²) >= 11 is 0. The van der Waals surface area contributed by atoms with Gasteiger partial charge >= 0.3 is 0 Å². The first-order chi connectivity index (χ1) is 9.75. The molecule has 2 N–H and O–H groups in total. The summed E-state index contributed by atoms with van der Waals surface area (Å²) in [6, 6.07) is 0.803. The van der Waals surface area contributed by atoms with Crippen LogP contribution in [-0.4, -0.2) is 48.3 Å². The quantitative estimate of drug-likeness (QED) is 0.786. The molecule has 3 heteroatoms. The second-order valence-electron chi connectivity index (χ2n) is 6.89. The SMILES string of the molecule is CCC1CCCCCN1CCC1CCCC1(CO)NC. The molecule has 0 bridgehead atoms. The van der Waals surface area contributed by atoms with Gasteiger partial charge in [0.05, 0.1) is 6.61 Å². The third-order valence-electron chi connectivity index (χ3n) is 5.97. The molecule has 1 heterocycles. The summed E-state index contributed by atoms with van der Waals surface area (Å²) in [5.41, 5.74) is 0.00750. The molecule has 1 aliphatic carbocycles. The Morgan fingerprint density at radius 2 is 2.05 bits per heavy atom. The maximum Gasteiger partial charge on any atom is 0.0615 e. The molecule has 3 unspecified atom stereocenters. The van der Waals surface area contributed by atoms with E-state index in [2.05, 4.69) is 17.1 Å². The fourth-order valence-corrected chi connectivity index (χ4v) is 4.50. The Labute approximate surface area is 125 Å². The number of likely N-dealkylation sites (tertiary alicyclic amines) is 1. The predicted molar refractivity (Wildman–Crippen MR) is 85.0 cm³/mol. The van der Waals surface area contributed by atoms with Crippen molar-refractivity contribution < 1.29 is 5.11 Å². The number of hydrogen-bond acceptors (Lipinski definition) is 3. The Balaban J connectivity index is 1.89. The van der Waals surface area contributed by atoms with Crippen molar-refractivity contribution in [2.24, 2.45) is 5.92 Å². The Kier molecular flexibility index (Phi) is 6.31. The summed E-state index contributed by atoms with van der Waals surface area (Å²) in [4.78, 5) is 2.74. The lowest BCUT2D eigenvalue weighted by Crippen LogP contribution is -2.50. The molecule has 20 heavy (non-hydrogen) atoms. The first-order valence-corrected chi connectivity index (χ1v) is 8.79. The molecule has 3 atom stereocenters. The topological polar surface area (TPSA) is 35.5 Å². The molecule has 1 aliphatic heterocycles. The minimum Gasteiger partial charge on any atom is -0.394 e. The number of aliphatic hydroxyl groups excluding tert-OH is 1. The third-order valence-corrected chi connectivity index (χ3v) is 5.97. The van der Waals surface area contributed by atoms with E-state index in [4.69, 9.17) is 0 Å². The van der Waals surface area contributed by atoms with E-state index in [-0.39, 0.29) is 5.54 Å². The average Bonchev–Trinajstić information content (AvgIpc) is 2.76. The van der Waals surface area contributed by atoms with E-state index >= 15 is 0 Å². The van der Waals surface area contributed by atoms with Crippen molar-refractivity contribution in [2.75, 3.05) is 26.7 Å². The third kappa shape index (κ3) is 3.55. The minimum atomic E-state index is 0.00750. The largest absolute Gasteiger partial charge is 0.394 e. The van der Waals surface area contributed by atoms with Gasteiger partial charge in [-0.25, -0.2) is 0 Å². The number of nitrogens with zero attached hydrogens (tertiary/aromatic N) is 1. The Morgan fingerprint density at radius 1 is 1.20 bits per heavy atom. The molecule has 2 aliphatic rings. The second-order valence-corrected chi connectivity index (χ2v) is 6.89. The lowest BCUT2D eigenvalue weighted by molar-refractivity contribution is 0.110. The van der Waals surface area contributed by atoms with Gasteiger partial charge in [0, 0.05) is 11.6 Å². The first kappa shape index (κ1) is 16.3. The van der Waals surface area contributed by atoms with Gasteiger partial charge in [-0.15, -0.1) is 0 Å². The van der Waals surface area contributed by atoms with Gasteiger partial charge in [-0.1, -0.05) is 26.2 Å². The molecule has 3 nitrogen and oxygen atoms in total. The predicted octanol–water partition coefficient (Wildman–Crippen LogP) is 2.78. The van der Waals surface area contributed by atoms with Crippen LogP contribution in [0.5, 0.6) is 0 Å². The van der Waals surface area contributed by atoms with E-state index < -0.39 is 0 Å². The fourth-order valence-electron chi connectivity index (χ4n) is 4.50. The summed E-state index contributed by atoms with van der Waals surface area (Å²) in [6.07, 6.45) is 11.8. The molecule has 2 fully saturated rings. The molecule has 0 aromatic carbocycles. The van der Waals surface area contributed by atoms with Crippen LogP contribution in [0.25, 0.3) is 0 Å². The van der Waals surface area contributed by atoms with Gasteiger partial charge in [0.1, 0.15) is 0 Å². The van der Waals surface area contributed by atoms with Crippen molar-refractivity contribution in [1.29, 1.82) is 0 Å². The number of nitrogens with one attached hydrogen (secondary N) is 1. The highest BCUT2D eigenvalue weighted by atomic mass is 16.3. The normalized spacial score (nSPS) is 36.1. The Bertz CT molecular complexity index is 278. The second kappa shape index (κ2) is 7.77. The van der Waals surface area contributed by atoms with Crippen LogP contribution >= 0.6 is 0 Å². The van der Waals surface area contributed by atoms with Crippen LogP contribution < -0.4 is 5.32 Å². The van der Waals surface area contributed by atoms with Crippen LogP contribution in [0.4, 0.5) is 0 Å². The molecular weight excluding hydrogens is 248 g/mol. The zero-order valence-corrected chi connectivity index (χ0v) is 13.5. The number of rotatable bonds is 6. The van der Waals surface area contributed by atoms with E-state index in [1.807, 2.05) is 7.05 Å². The molecule has 0 spiro atoms. The summed E-state index contributed by atoms with van der Waals surface area (Å²) in [5, 5.41) is 13.2. The number of hydrogen-bond donors (Lipinski definition) is 2. The molecule has 0 amide bonds. The van der Waals surface area contributed by atoms with E-state index in [9.17, 15) is 5.11 Å². The maximum absolute atomic E-state index is 9.79. The van der Waals surface area contributed by atoms with E-state index in [1.54, 1.807) is 0 Å². The van der Waals surface area contributed by atoms with Gasteiger partial charge < -0.3 is 15.3 Å². The van der Waals surface area contributed by atoms with E-state index in [0.29, 0.717) is 12.5 Å². The Morgan fingerprint density at radius 3 is 2.75 bits per heavy atom. The molecular formula is C17H34N2O. The highest BCUT2D eigenvalue weighted by molar-refractivity contribution is 4.98. The van der Waals surface area contributed by atoms with Crippen LogP contribution in [0.1, 0.15) is 64.7 Å². The van der Waals surface area contributed by atoms with Gasteiger partial charge in [-0.3, -0.25) is 0 Å². The zero-order chi connectivity index (χ0) is 14.4. The fraction of sp³-hybridized carbons (Fsp3) is 1.00. The van der Waals surface area contributed by atoms with Crippen molar-refractivity contribution in [2.45, 2.75) is 76.3 Å². The van der Waals surface area contributed by atoms with Gasteiger partial charge in [-0.2, -0.15) is 0 Å². The van der Waals surface area contributed by atoms with Gasteiger partial charge in [0.2, 0.25) is 0 Å². The number of likely N-dealkylation sites (N-methyl/N-ethyl adjacent to an activating group) is 1. The molecule has 1 saturated carbocycles. The van der Waals surface area contributed by atoms with Crippen molar-refractivity contribution >= 4 is 0 Å². The van der Waals surface area contributed by atoms with Crippen molar-refractivity contribution in [1.82, 2.24) is 10.2 Å². The van der Waals surface area contributed by atoms with Crippen molar-refractivity contribution in [3.05, 3.63) is 0 Å². The van der Waals surface area contributed by atoms with Gasteiger partial charge in [0.15, 0.2) is 0 Å². The highest BCUT2D eigenvalue weighted by Crippen LogP contribution is 2.37. The molecule has 0 aromatic heterocycles. The standard InChI is InChI=1S/C17H34N2O/c1-3-16-9-5-4-6-12-19(16)13-10-15-8-7-11-17(15,14-20)18-2/h15-16,18,20H,3-14H2,1-2H3. The minimum absolute atomic E-state index is 0.00750. The summed E-state index contributed by atoms with van der Waals surface area (Å²) in [6.45, 7) is 5.15. The molecule has 0 radical (unpaired) electrons. The van der Waals surface area contributed by atoms with Crippen molar-refractivity contribution in [3.8, 4) is 0 Å². The van der Waals surface area contributed by atoms with Crippen LogP contribution in [0.2, 0.25) is 0 Å². The lowest BCUT2D eigenvalue weighted by Gasteiger charge is -2.36. The van der Waals surface area contributed by atoms with Crippen LogP contribution in [0.15, 0.2) is 0 Å². The average molecular weight is 282 g/mol. The molecule has 0 aromatic rings. The van der Waals surface area contributed by atoms with E-state index in [0.717, 1.165) is 12.5 Å². The lowest BCUT2D eigenvalue weighted by atomic mass is 9.85. The number of aliphatic hydroxyl groups is 1. The molecule has 118 valence electrons. The first-order valence-electron chi connectivity index (χ1n) is 8.79. The van der Waals surface area contributed by atoms with Crippen LogP contribution in [0.3, 0.4) is 0 Å². The van der Waals surface area contributed by atoms with Gasteiger partial charge in [-0.05, 0) is 64.6 Å². The Hall–Kier alpha value is -0.120. The van der Waals surface area contributed by atoms with Crippen LogP contribution in [-0.2, 0) is 0 Å². The smallest absolute Gasteiger partial charge is 0.0615 e. The zero-order valence-electron chi connectivity index (χ0n) is 13.5. The van der Waals surface area contributed by atoms with Crippen LogP contribution in [0, 0.1) is 5.92 Å².